The Morgan fingerprint density at radius 3 is 3.00 bits per heavy atom. The molecule has 0 spiro atoms. The first-order chi connectivity index (χ1) is 6.25. The van der Waals surface area contributed by atoms with Crippen LogP contribution >= 0.6 is 0 Å². The number of aromatic amines is 1. The summed E-state index contributed by atoms with van der Waals surface area (Å²) in [7, 11) is 0. The van der Waals surface area contributed by atoms with Crippen LogP contribution < -0.4 is 5.32 Å². The molecule has 1 aromatic heterocycles. The molecular weight excluding hydrogens is 172 g/mol. The molecule has 0 radical (unpaired) electrons. The topological polar surface area (TPSA) is 90.9 Å². The van der Waals surface area contributed by atoms with Crippen molar-refractivity contribution in [3.63, 3.8) is 0 Å². The lowest BCUT2D eigenvalue weighted by Gasteiger charge is -2.33. The highest BCUT2D eigenvalue weighted by molar-refractivity contribution is 5.65. The molecule has 1 saturated carbocycles. The molecule has 1 aliphatic carbocycles. The van der Waals surface area contributed by atoms with E-state index >= 15 is 0 Å². The van der Waals surface area contributed by atoms with Gasteiger partial charge in [-0.05, 0) is 12.8 Å². The number of carboxylic acid groups (broad SMARTS) is 1. The summed E-state index contributed by atoms with van der Waals surface area (Å²) in [5.74, 6) is 1.18. The summed E-state index contributed by atoms with van der Waals surface area (Å²) in [6.07, 6.45) is 2.19. The van der Waals surface area contributed by atoms with Gasteiger partial charge in [-0.2, -0.15) is 0 Å². The summed E-state index contributed by atoms with van der Waals surface area (Å²) < 4.78 is 0. The summed E-state index contributed by atoms with van der Waals surface area (Å²) in [5, 5.41) is 18.4. The lowest BCUT2D eigenvalue weighted by atomic mass is 9.80. The van der Waals surface area contributed by atoms with E-state index in [4.69, 9.17) is 5.11 Å². The standard InChI is InChI=1S/C7H10N4O2/c12-7(13)10-5-1-4(2-5)6-8-3-9-11-6/h3-5,10H,1-2H2,(H,12,13)(H,8,9,11)/t4-,5+. The minimum atomic E-state index is -0.957. The monoisotopic (exact) mass is 182 g/mol. The van der Waals surface area contributed by atoms with Gasteiger partial charge < -0.3 is 15.4 Å². The van der Waals surface area contributed by atoms with Crippen LogP contribution in [0.15, 0.2) is 6.33 Å². The molecule has 70 valence electrons. The van der Waals surface area contributed by atoms with Crippen LogP contribution in [0, 0.1) is 0 Å². The van der Waals surface area contributed by atoms with Crippen LogP contribution in [-0.2, 0) is 0 Å². The van der Waals surface area contributed by atoms with E-state index in [-0.39, 0.29) is 6.04 Å². The Labute approximate surface area is 74.4 Å². The fourth-order valence-electron chi connectivity index (χ4n) is 1.55. The fourth-order valence-corrected chi connectivity index (χ4v) is 1.55. The molecule has 1 fully saturated rings. The summed E-state index contributed by atoms with van der Waals surface area (Å²) in [5.41, 5.74) is 0. The number of aromatic nitrogens is 3. The number of hydrogen-bond acceptors (Lipinski definition) is 3. The van der Waals surface area contributed by atoms with Crippen molar-refractivity contribution in [1.29, 1.82) is 0 Å². The Balaban J connectivity index is 1.82. The highest BCUT2D eigenvalue weighted by Crippen LogP contribution is 2.34. The molecule has 0 unspecified atom stereocenters. The number of rotatable bonds is 2. The van der Waals surface area contributed by atoms with Gasteiger partial charge in [0.1, 0.15) is 12.2 Å². The van der Waals surface area contributed by atoms with Crippen LogP contribution in [-0.4, -0.2) is 32.4 Å². The van der Waals surface area contributed by atoms with Gasteiger partial charge in [-0.3, -0.25) is 0 Å². The molecule has 0 bridgehead atoms. The zero-order valence-corrected chi connectivity index (χ0v) is 6.90. The molecule has 2 rings (SSSR count). The molecule has 1 amide bonds. The van der Waals surface area contributed by atoms with E-state index in [0.717, 1.165) is 18.7 Å². The number of amides is 1. The predicted octanol–water partition coefficient (Wildman–Crippen LogP) is 0.318. The average molecular weight is 182 g/mol. The molecule has 13 heavy (non-hydrogen) atoms. The van der Waals surface area contributed by atoms with Gasteiger partial charge in [0.05, 0.1) is 0 Å². The van der Waals surface area contributed by atoms with E-state index < -0.39 is 6.09 Å². The maximum atomic E-state index is 10.2. The zero-order valence-electron chi connectivity index (χ0n) is 6.90. The second-order valence-corrected chi connectivity index (χ2v) is 3.19. The predicted molar refractivity (Wildman–Crippen MR) is 43.3 cm³/mol. The number of H-pyrrole nitrogens is 1. The van der Waals surface area contributed by atoms with Crippen molar-refractivity contribution < 1.29 is 9.90 Å². The maximum absolute atomic E-state index is 10.2. The molecule has 1 heterocycles. The lowest BCUT2D eigenvalue weighted by Crippen LogP contribution is -2.42. The van der Waals surface area contributed by atoms with E-state index in [1.807, 2.05) is 0 Å². The van der Waals surface area contributed by atoms with Gasteiger partial charge in [-0.15, -0.1) is 10.2 Å². The van der Waals surface area contributed by atoms with Gasteiger partial charge in [0.2, 0.25) is 0 Å². The molecule has 1 aromatic rings. The quantitative estimate of drug-likeness (QED) is 0.614. The Morgan fingerprint density at radius 1 is 1.69 bits per heavy atom. The molecular formula is C7H10N4O2. The lowest BCUT2D eigenvalue weighted by molar-refractivity contribution is 0.177. The molecule has 0 aliphatic heterocycles. The first-order valence-corrected chi connectivity index (χ1v) is 4.11. The van der Waals surface area contributed by atoms with Gasteiger partial charge in [-0.1, -0.05) is 0 Å². The van der Waals surface area contributed by atoms with E-state index in [0.29, 0.717) is 5.92 Å². The van der Waals surface area contributed by atoms with Crippen molar-refractivity contribution in [3.05, 3.63) is 12.2 Å². The van der Waals surface area contributed by atoms with Crippen LogP contribution in [0.5, 0.6) is 0 Å². The highest BCUT2D eigenvalue weighted by atomic mass is 16.4. The summed E-state index contributed by atoms with van der Waals surface area (Å²) >= 11 is 0. The van der Waals surface area contributed by atoms with Crippen molar-refractivity contribution in [1.82, 2.24) is 20.5 Å². The molecule has 6 nitrogen and oxygen atoms in total. The molecule has 0 saturated heterocycles. The third-order valence-corrected chi connectivity index (χ3v) is 2.29. The fraction of sp³-hybridized carbons (Fsp3) is 0.571. The number of hydrogen-bond donors (Lipinski definition) is 3. The van der Waals surface area contributed by atoms with Gasteiger partial charge in [0, 0.05) is 12.0 Å². The van der Waals surface area contributed by atoms with Gasteiger partial charge in [0.25, 0.3) is 0 Å². The van der Waals surface area contributed by atoms with Gasteiger partial charge >= 0.3 is 6.09 Å². The smallest absolute Gasteiger partial charge is 0.404 e. The third kappa shape index (κ3) is 1.61. The van der Waals surface area contributed by atoms with Crippen molar-refractivity contribution in [2.24, 2.45) is 0 Å². The zero-order chi connectivity index (χ0) is 9.26. The summed E-state index contributed by atoms with van der Waals surface area (Å²) in [6.45, 7) is 0. The second-order valence-electron chi connectivity index (χ2n) is 3.19. The third-order valence-electron chi connectivity index (χ3n) is 2.29. The molecule has 0 aromatic carbocycles. The largest absolute Gasteiger partial charge is 0.465 e. The Kier molecular flexibility index (Phi) is 1.88. The van der Waals surface area contributed by atoms with Crippen LogP contribution in [0.3, 0.4) is 0 Å². The molecule has 6 heteroatoms. The normalized spacial score (nSPS) is 26.5. The summed E-state index contributed by atoms with van der Waals surface area (Å²) in [4.78, 5) is 13.2. The molecule has 3 N–H and O–H groups in total. The van der Waals surface area contributed by atoms with Crippen LogP contribution in [0.2, 0.25) is 0 Å². The number of nitrogens with zero attached hydrogens (tertiary/aromatic N) is 2. The van der Waals surface area contributed by atoms with Crippen molar-refractivity contribution in [2.75, 3.05) is 0 Å². The molecule has 0 atom stereocenters. The van der Waals surface area contributed by atoms with E-state index in [1.54, 1.807) is 0 Å². The van der Waals surface area contributed by atoms with Crippen LogP contribution in [0.25, 0.3) is 0 Å². The number of nitrogens with one attached hydrogen (secondary N) is 2. The van der Waals surface area contributed by atoms with Crippen molar-refractivity contribution in [2.45, 2.75) is 24.8 Å². The first kappa shape index (κ1) is 8.03. The van der Waals surface area contributed by atoms with Crippen LogP contribution in [0.4, 0.5) is 4.79 Å². The Hall–Kier alpha value is -1.59. The Morgan fingerprint density at radius 2 is 2.46 bits per heavy atom. The maximum Gasteiger partial charge on any atom is 0.404 e. The summed E-state index contributed by atoms with van der Waals surface area (Å²) in [6, 6.07) is 0.0765. The highest BCUT2D eigenvalue weighted by Gasteiger charge is 2.33. The van der Waals surface area contributed by atoms with Crippen molar-refractivity contribution in [3.8, 4) is 0 Å². The van der Waals surface area contributed by atoms with Gasteiger partial charge in [-0.25, -0.2) is 4.79 Å². The van der Waals surface area contributed by atoms with Crippen molar-refractivity contribution >= 4 is 6.09 Å². The van der Waals surface area contributed by atoms with Crippen LogP contribution in [0.1, 0.15) is 24.6 Å². The second kappa shape index (κ2) is 3.04. The molecule has 1 aliphatic rings. The average Bonchev–Trinajstić information content (AvgIpc) is 2.46. The number of carbonyl (C=O) groups is 1. The van der Waals surface area contributed by atoms with E-state index in [9.17, 15) is 4.79 Å². The van der Waals surface area contributed by atoms with E-state index in [1.165, 1.54) is 6.33 Å². The SMILES string of the molecule is O=C(O)N[C@H]1C[C@@H](c2nnc[nH]2)C1. The Bertz CT molecular complexity index is 291. The first-order valence-electron chi connectivity index (χ1n) is 4.11. The minimum Gasteiger partial charge on any atom is -0.465 e. The van der Waals surface area contributed by atoms with E-state index in [2.05, 4.69) is 20.5 Å². The van der Waals surface area contributed by atoms with Gasteiger partial charge in [0.15, 0.2) is 0 Å². The minimum absolute atomic E-state index is 0.0765.